The highest BCUT2D eigenvalue weighted by Crippen LogP contribution is 2.17. The molecular formula is C54H91NO5. The predicted molar refractivity (Wildman–Crippen MR) is 259 cm³/mol. The second-order valence-electron chi connectivity index (χ2n) is 16.3. The van der Waals surface area contributed by atoms with Crippen LogP contribution >= 0.6 is 0 Å². The van der Waals surface area contributed by atoms with Gasteiger partial charge in [-0.3, -0.25) is 9.59 Å². The van der Waals surface area contributed by atoms with E-state index in [1.807, 2.05) is 60.8 Å². The molecule has 0 aliphatic heterocycles. The molecule has 3 unspecified atom stereocenters. The van der Waals surface area contributed by atoms with Gasteiger partial charge in [-0.15, -0.1) is 0 Å². The van der Waals surface area contributed by atoms with Gasteiger partial charge in [0.05, 0.1) is 25.2 Å². The molecule has 342 valence electrons. The normalized spacial score (nSPS) is 14.2. The lowest BCUT2D eigenvalue weighted by molar-refractivity contribution is -0.151. The number of carbonyl (C=O) groups excluding carboxylic acids is 2. The second kappa shape index (κ2) is 46.8. The Morgan fingerprint density at radius 3 is 1.37 bits per heavy atom. The Morgan fingerprint density at radius 2 is 0.900 bits per heavy atom. The highest BCUT2D eigenvalue weighted by atomic mass is 16.5. The maximum absolute atomic E-state index is 13.2. The molecule has 0 heterocycles. The third-order valence-corrected chi connectivity index (χ3v) is 10.6. The standard InChI is InChI=1S/C54H91NO5/c1-4-7-10-13-16-19-22-25-26-29-31-34-37-40-43-46-52(57)51(49-56)55-53(58)48-50(45-42-39-36-33-30-27-23-20-17-14-11-8-5-2)60-54(59)47-44-41-38-35-32-28-24-21-18-15-12-9-6-3/h8-9,11-12,14-15,17-18,20-21,23-24,27-28,30,32,50-52,56-57H,4-7,10,13,16,19,22,25-26,29,31,33-49H2,1-3H3,(H,55,58)/b11-8+,12-9+,17-14+,18-15+,23-20+,24-21-,30-27-,32-28-. The topological polar surface area (TPSA) is 95.9 Å². The largest absolute Gasteiger partial charge is 0.462 e. The van der Waals surface area contributed by atoms with Crippen LogP contribution in [0, 0.1) is 0 Å². The summed E-state index contributed by atoms with van der Waals surface area (Å²) in [6.07, 6.45) is 61.8. The molecular weight excluding hydrogens is 743 g/mol. The van der Waals surface area contributed by atoms with Gasteiger partial charge in [0.2, 0.25) is 5.91 Å². The lowest BCUT2D eigenvalue weighted by Gasteiger charge is -2.24. The maximum Gasteiger partial charge on any atom is 0.306 e. The number of carbonyl (C=O) groups is 2. The number of hydrogen-bond donors (Lipinski definition) is 3. The van der Waals surface area contributed by atoms with E-state index in [-0.39, 0.29) is 24.9 Å². The lowest BCUT2D eigenvalue weighted by atomic mass is 10.0. The Labute approximate surface area is 369 Å². The third kappa shape index (κ3) is 41.5. The summed E-state index contributed by atoms with van der Waals surface area (Å²) in [6, 6.07) is -0.728. The van der Waals surface area contributed by atoms with Crippen molar-refractivity contribution in [3.63, 3.8) is 0 Å². The van der Waals surface area contributed by atoms with E-state index in [0.29, 0.717) is 19.3 Å². The number of hydrogen-bond acceptors (Lipinski definition) is 5. The summed E-state index contributed by atoms with van der Waals surface area (Å²) in [5.41, 5.74) is 0. The highest BCUT2D eigenvalue weighted by Gasteiger charge is 2.24. The SMILES string of the molecule is CC/C=C/C=C/C=C\C=C/CCCCCC(=O)OC(CCCCC\C=C/C=C/C=C/C=C/CC)CC(=O)NC(CO)C(O)CCCCCCCCCCCCCCCCC. The summed E-state index contributed by atoms with van der Waals surface area (Å²) in [6.45, 7) is 6.17. The fraction of sp³-hybridized carbons (Fsp3) is 0.667. The van der Waals surface area contributed by atoms with Crippen molar-refractivity contribution in [3.8, 4) is 0 Å². The van der Waals surface area contributed by atoms with E-state index in [0.717, 1.165) is 83.5 Å². The zero-order valence-corrected chi connectivity index (χ0v) is 38.8. The molecule has 0 fully saturated rings. The van der Waals surface area contributed by atoms with Gasteiger partial charge in [-0.1, -0.05) is 227 Å². The Morgan fingerprint density at radius 1 is 0.500 bits per heavy atom. The van der Waals surface area contributed by atoms with E-state index >= 15 is 0 Å². The van der Waals surface area contributed by atoms with Gasteiger partial charge in [-0.05, 0) is 64.2 Å². The van der Waals surface area contributed by atoms with Crippen molar-refractivity contribution < 1.29 is 24.5 Å². The van der Waals surface area contributed by atoms with Gasteiger partial charge in [0.1, 0.15) is 6.10 Å². The zero-order valence-electron chi connectivity index (χ0n) is 38.8. The van der Waals surface area contributed by atoms with Crippen LogP contribution in [0.15, 0.2) is 97.2 Å². The third-order valence-electron chi connectivity index (χ3n) is 10.6. The molecule has 0 radical (unpaired) electrons. The minimum absolute atomic E-state index is 0.0297. The molecule has 0 saturated carbocycles. The highest BCUT2D eigenvalue weighted by molar-refractivity contribution is 5.77. The van der Waals surface area contributed by atoms with Crippen LogP contribution in [0.3, 0.4) is 0 Å². The van der Waals surface area contributed by atoms with Gasteiger partial charge in [0.25, 0.3) is 0 Å². The van der Waals surface area contributed by atoms with Crippen molar-refractivity contribution in [2.75, 3.05) is 6.61 Å². The smallest absolute Gasteiger partial charge is 0.306 e. The maximum atomic E-state index is 13.2. The fourth-order valence-corrected chi connectivity index (χ4v) is 6.92. The van der Waals surface area contributed by atoms with Gasteiger partial charge >= 0.3 is 5.97 Å². The van der Waals surface area contributed by atoms with E-state index in [9.17, 15) is 19.8 Å². The number of aliphatic hydroxyl groups is 2. The Bertz CT molecular complexity index is 1210. The van der Waals surface area contributed by atoms with E-state index in [1.54, 1.807) is 0 Å². The Kier molecular flexibility index (Phi) is 44.3. The van der Waals surface area contributed by atoms with Crippen LogP contribution in [0.2, 0.25) is 0 Å². The molecule has 0 aromatic carbocycles. The molecule has 0 aromatic heterocycles. The van der Waals surface area contributed by atoms with Gasteiger partial charge in [0, 0.05) is 6.42 Å². The number of aliphatic hydroxyl groups excluding tert-OH is 2. The number of rotatable bonds is 42. The van der Waals surface area contributed by atoms with Crippen LogP contribution in [0.1, 0.15) is 207 Å². The number of unbranched alkanes of at least 4 members (excludes halogenated alkanes) is 20. The molecule has 6 heteroatoms. The molecule has 3 N–H and O–H groups in total. The van der Waals surface area contributed by atoms with Crippen molar-refractivity contribution >= 4 is 11.9 Å². The average molecular weight is 834 g/mol. The van der Waals surface area contributed by atoms with E-state index in [2.05, 4.69) is 62.5 Å². The first kappa shape index (κ1) is 56.8. The molecule has 3 atom stereocenters. The molecule has 0 bridgehead atoms. The van der Waals surface area contributed by atoms with Gasteiger partial charge in [-0.2, -0.15) is 0 Å². The quantitative estimate of drug-likeness (QED) is 0.0323. The summed E-state index contributed by atoms with van der Waals surface area (Å²) in [7, 11) is 0. The van der Waals surface area contributed by atoms with Crippen molar-refractivity contribution in [2.45, 2.75) is 225 Å². The molecule has 0 aliphatic carbocycles. The summed E-state index contributed by atoms with van der Waals surface area (Å²) in [4.78, 5) is 26.1. The summed E-state index contributed by atoms with van der Waals surface area (Å²) < 4.78 is 5.88. The van der Waals surface area contributed by atoms with Crippen LogP contribution in [-0.4, -0.2) is 46.9 Å². The Balaban J connectivity index is 4.69. The van der Waals surface area contributed by atoms with Crippen molar-refractivity contribution in [1.82, 2.24) is 5.32 Å². The van der Waals surface area contributed by atoms with Crippen LogP contribution in [0.25, 0.3) is 0 Å². The lowest BCUT2D eigenvalue weighted by Crippen LogP contribution is -2.46. The summed E-state index contributed by atoms with van der Waals surface area (Å²) >= 11 is 0. The van der Waals surface area contributed by atoms with Crippen LogP contribution in [-0.2, 0) is 14.3 Å². The zero-order chi connectivity index (χ0) is 43.8. The first-order chi connectivity index (χ1) is 29.5. The van der Waals surface area contributed by atoms with E-state index in [4.69, 9.17) is 4.74 Å². The number of allylic oxidation sites excluding steroid dienone is 16. The average Bonchev–Trinajstić information content (AvgIpc) is 3.24. The van der Waals surface area contributed by atoms with E-state index in [1.165, 1.54) is 77.0 Å². The molecule has 1 amide bonds. The molecule has 0 rings (SSSR count). The van der Waals surface area contributed by atoms with Crippen LogP contribution in [0.5, 0.6) is 0 Å². The van der Waals surface area contributed by atoms with Crippen LogP contribution in [0.4, 0.5) is 0 Å². The first-order valence-electron chi connectivity index (χ1n) is 24.6. The number of nitrogens with one attached hydrogen (secondary N) is 1. The molecule has 0 spiro atoms. The van der Waals surface area contributed by atoms with Crippen LogP contribution < -0.4 is 5.32 Å². The predicted octanol–water partition coefficient (Wildman–Crippen LogP) is 14.6. The first-order valence-corrected chi connectivity index (χ1v) is 24.6. The molecule has 6 nitrogen and oxygen atoms in total. The summed E-state index contributed by atoms with van der Waals surface area (Å²) in [5, 5.41) is 23.7. The molecule has 60 heavy (non-hydrogen) atoms. The molecule has 0 aromatic rings. The fourth-order valence-electron chi connectivity index (χ4n) is 6.92. The minimum Gasteiger partial charge on any atom is -0.462 e. The monoisotopic (exact) mass is 834 g/mol. The van der Waals surface area contributed by atoms with Gasteiger partial charge in [-0.25, -0.2) is 0 Å². The van der Waals surface area contributed by atoms with Gasteiger partial charge < -0.3 is 20.3 Å². The minimum atomic E-state index is -0.811. The number of esters is 1. The van der Waals surface area contributed by atoms with Gasteiger partial charge in [0.15, 0.2) is 0 Å². The Hall–Kier alpha value is -3.22. The second-order valence-corrected chi connectivity index (χ2v) is 16.3. The van der Waals surface area contributed by atoms with Crippen molar-refractivity contribution in [3.05, 3.63) is 97.2 Å². The number of amides is 1. The summed E-state index contributed by atoms with van der Waals surface area (Å²) in [5.74, 6) is -0.568. The van der Waals surface area contributed by atoms with Crippen molar-refractivity contribution in [1.29, 1.82) is 0 Å². The molecule has 0 saturated heterocycles. The van der Waals surface area contributed by atoms with E-state index < -0.39 is 18.2 Å². The number of ether oxygens (including phenoxy) is 1. The van der Waals surface area contributed by atoms with Crippen molar-refractivity contribution in [2.24, 2.45) is 0 Å². The molecule has 0 aliphatic rings.